The van der Waals surface area contributed by atoms with Crippen molar-refractivity contribution in [2.75, 3.05) is 7.05 Å². The number of ether oxygens (including phenoxy) is 2. The molecule has 30 heavy (non-hydrogen) atoms. The zero-order chi connectivity index (χ0) is 21.7. The normalized spacial score (nSPS) is 11.3. The highest BCUT2D eigenvalue weighted by Crippen LogP contribution is 2.29. The van der Waals surface area contributed by atoms with Crippen molar-refractivity contribution in [3.05, 3.63) is 66.6 Å². The van der Waals surface area contributed by atoms with Gasteiger partial charge in [0.25, 0.3) is 10.0 Å². The van der Waals surface area contributed by atoms with Crippen molar-refractivity contribution < 1.29 is 31.5 Å². The highest BCUT2D eigenvalue weighted by molar-refractivity contribution is 7.90. The van der Waals surface area contributed by atoms with E-state index < -0.39 is 22.7 Å². The molecule has 1 aromatic carbocycles. The number of rotatable bonds is 7. The van der Waals surface area contributed by atoms with Crippen LogP contribution in [0.15, 0.2) is 66.0 Å². The van der Waals surface area contributed by atoms with Crippen LogP contribution >= 0.6 is 0 Å². The summed E-state index contributed by atoms with van der Waals surface area (Å²) in [5, 5.41) is 2.30. The molecule has 0 saturated carbocycles. The molecule has 2 aromatic heterocycles. The smallest absolute Gasteiger partial charge is 0.407 e. The van der Waals surface area contributed by atoms with E-state index in [0.29, 0.717) is 11.1 Å². The van der Waals surface area contributed by atoms with Crippen molar-refractivity contribution in [3.63, 3.8) is 0 Å². The van der Waals surface area contributed by atoms with Crippen LogP contribution in [-0.4, -0.2) is 37.1 Å². The molecule has 1 amide bonds. The van der Waals surface area contributed by atoms with Crippen molar-refractivity contribution in [1.82, 2.24) is 14.3 Å². The molecule has 0 aliphatic rings. The number of nitrogens with zero attached hydrogens (tertiary/aromatic N) is 2. The summed E-state index contributed by atoms with van der Waals surface area (Å²) in [4.78, 5) is 15.1. The Labute approximate surface area is 171 Å². The molecular formula is C19H17F2N3O5S. The number of amides is 1. The molecule has 0 saturated heterocycles. The molecule has 0 aliphatic heterocycles. The number of hydrogen-bond acceptors (Lipinski definition) is 6. The molecule has 0 spiro atoms. The first-order chi connectivity index (χ1) is 14.3. The van der Waals surface area contributed by atoms with Gasteiger partial charge in [-0.15, -0.1) is 0 Å². The lowest BCUT2D eigenvalue weighted by Gasteiger charge is -2.11. The number of aromatic nitrogens is 2. The first-order valence-corrected chi connectivity index (χ1v) is 10.0. The summed E-state index contributed by atoms with van der Waals surface area (Å²) < 4.78 is 61.3. The van der Waals surface area contributed by atoms with Crippen LogP contribution in [0.25, 0.3) is 11.3 Å². The molecule has 0 unspecified atom stereocenters. The fourth-order valence-corrected chi connectivity index (χ4v) is 3.99. The number of alkyl carbamates (subject to hydrolysis) is 1. The quantitative estimate of drug-likeness (QED) is 0.609. The number of halogens is 2. The molecular weight excluding hydrogens is 420 g/mol. The second kappa shape index (κ2) is 8.91. The predicted octanol–water partition coefficient (Wildman–Crippen LogP) is 3.24. The lowest BCUT2D eigenvalue weighted by molar-refractivity contribution is -0.0498. The van der Waals surface area contributed by atoms with E-state index in [4.69, 9.17) is 4.74 Å². The average Bonchev–Trinajstić information content (AvgIpc) is 3.18. The summed E-state index contributed by atoms with van der Waals surface area (Å²) in [6.45, 7) is -3.14. The van der Waals surface area contributed by atoms with E-state index >= 15 is 0 Å². The average molecular weight is 437 g/mol. The van der Waals surface area contributed by atoms with Gasteiger partial charge in [-0.1, -0.05) is 0 Å². The minimum Gasteiger partial charge on any atom is -0.445 e. The van der Waals surface area contributed by atoms with Crippen LogP contribution in [0, 0.1) is 0 Å². The summed E-state index contributed by atoms with van der Waals surface area (Å²) in [5.41, 5.74) is 1.09. The summed E-state index contributed by atoms with van der Waals surface area (Å²) >= 11 is 0. The minimum atomic E-state index is -4.02. The van der Waals surface area contributed by atoms with Crippen LogP contribution in [0.4, 0.5) is 13.6 Å². The highest BCUT2D eigenvalue weighted by atomic mass is 32.2. The minimum absolute atomic E-state index is 0.0433. The maximum Gasteiger partial charge on any atom is 0.407 e. The van der Waals surface area contributed by atoms with Crippen LogP contribution in [0.3, 0.4) is 0 Å². The molecule has 3 aromatic rings. The summed E-state index contributed by atoms with van der Waals surface area (Å²) in [6.07, 6.45) is 3.30. The molecule has 0 aliphatic carbocycles. The largest absolute Gasteiger partial charge is 0.445 e. The number of alkyl halides is 2. The Morgan fingerprint density at radius 1 is 1.23 bits per heavy atom. The predicted molar refractivity (Wildman–Crippen MR) is 103 cm³/mol. The van der Waals surface area contributed by atoms with E-state index in [9.17, 15) is 22.0 Å². The molecule has 11 heteroatoms. The van der Waals surface area contributed by atoms with Crippen LogP contribution < -0.4 is 10.1 Å². The first-order valence-electron chi connectivity index (χ1n) is 8.58. The fourth-order valence-electron chi connectivity index (χ4n) is 2.63. The van der Waals surface area contributed by atoms with E-state index in [0.717, 1.165) is 3.97 Å². The van der Waals surface area contributed by atoms with Gasteiger partial charge in [0.15, 0.2) is 0 Å². The third-order valence-electron chi connectivity index (χ3n) is 3.98. The summed E-state index contributed by atoms with van der Waals surface area (Å²) in [7, 11) is -2.63. The summed E-state index contributed by atoms with van der Waals surface area (Å²) in [5.74, 6) is -0.0647. The van der Waals surface area contributed by atoms with Crippen molar-refractivity contribution in [2.24, 2.45) is 0 Å². The Kier molecular flexibility index (Phi) is 6.31. The summed E-state index contributed by atoms with van der Waals surface area (Å²) in [6, 6.07) is 9.91. The van der Waals surface area contributed by atoms with Gasteiger partial charge in [-0.3, -0.25) is 4.98 Å². The molecule has 158 valence electrons. The van der Waals surface area contributed by atoms with Gasteiger partial charge in [0.05, 0.1) is 5.69 Å². The molecule has 3 rings (SSSR count). The van der Waals surface area contributed by atoms with Crippen LogP contribution in [0.1, 0.15) is 5.56 Å². The Bertz CT molecular complexity index is 1120. The van der Waals surface area contributed by atoms with Gasteiger partial charge in [0.1, 0.15) is 17.3 Å². The lowest BCUT2D eigenvalue weighted by atomic mass is 10.1. The number of nitrogens with one attached hydrogen (secondary N) is 1. The van der Waals surface area contributed by atoms with E-state index in [1.54, 1.807) is 0 Å². The van der Waals surface area contributed by atoms with Crippen LogP contribution in [0.5, 0.6) is 5.75 Å². The molecule has 2 heterocycles. The van der Waals surface area contributed by atoms with Gasteiger partial charge < -0.3 is 14.8 Å². The maximum atomic E-state index is 13.1. The van der Waals surface area contributed by atoms with E-state index in [1.165, 1.54) is 68.1 Å². The SMILES string of the molecule is CNC(=O)OCc1cc(-c2ccc(OC(F)F)cc2)n(S(=O)(=O)c2cccnc2)c1. The highest BCUT2D eigenvalue weighted by Gasteiger charge is 2.22. The molecule has 1 N–H and O–H groups in total. The fraction of sp³-hybridized carbons (Fsp3) is 0.158. The first kappa shape index (κ1) is 21.2. The second-order valence-electron chi connectivity index (χ2n) is 5.95. The van der Waals surface area contributed by atoms with Gasteiger partial charge in [-0.25, -0.2) is 17.2 Å². The van der Waals surface area contributed by atoms with Gasteiger partial charge in [0, 0.05) is 31.2 Å². The zero-order valence-corrected chi connectivity index (χ0v) is 16.5. The van der Waals surface area contributed by atoms with Crippen molar-refractivity contribution in [1.29, 1.82) is 0 Å². The van der Waals surface area contributed by atoms with Gasteiger partial charge in [-0.05, 0) is 48.0 Å². The topological polar surface area (TPSA) is 99.5 Å². The number of benzene rings is 1. The van der Waals surface area contributed by atoms with Crippen molar-refractivity contribution in [2.45, 2.75) is 18.1 Å². The van der Waals surface area contributed by atoms with E-state index in [2.05, 4.69) is 15.0 Å². The Balaban J connectivity index is 2.04. The van der Waals surface area contributed by atoms with E-state index in [1.807, 2.05) is 0 Å². The molecule has 0 bridgehead atoms. The van der Waals surface area contributed by atoms with Crippen molar-refractivity contribution >= 4 is 16.1 Å². The molecule has 0 atom stereocenters. The lowest BCUT2D eigenvalue weighted by Crippen LogP contribution is -2.18. The Morgan fingerprint density at radius 3 is 2.57 bits per heavy atom. The third-order valence-corrected chi connectivity index (χ3v) is 5.64. The number of pyridine rings is 1. The number of carbonyl (C=O) groups excluding carboxylic acids is 1. The maximum absolute atomic E-state index is 13.1. The van der Waals surface area contributed by atoms with Crippen molar-refractivity contribution in [3.8, 4) is 17.0 Å². The van der Waals surface area contributed by atoms with Crippen LogP contribution in [0.2, 0.25) is 0 Å². The molecule has 8 nitrogen and oxygen atoms in total. The van der Waals surface area contributed by atoms with Gasteiger partial charge in [0.2, 0.25) is 0 Å². The standard InChI is InChI=1S/C19H17F2N3O5S/c1-22-19(25)28-12-13-9-17(14-4-6-15(7-5-14)29-18(20)21)24(11-13)30(26,27)16-3-2-8-23-10-16/h2-11,18H,12H2,1H3,(H,22,25). The molecule has 0 radical (unpaired) electrons. The Morgan fingerprint density at radius 2 is 1.97 bits per heavy atom. The second-order valence-corrected chi connectivity index (χ2v) is 7.77. The number of carbonyl (C=O) groups is 1. The number of hydrogen-bond donors (Lipinski definition) is 1. The van der Waals surface area contributed by atoms with Gasteiger partial charge in [-0.2, -0.15) is 8.78 Å². The third kappa shape index (κ3) is 4.74. The van der Waals surface area contributed by atoms with E-state index in [-0.39, 0.29) is 22.9 Å². The Hall–Kier alpha value is -3.47. The monoisotopic (exact) mass is 437 g/mol. The van der Waals surface area contributed by atoms with Crippen LogP contribution in [-0.2, 0) is 21.4 Å². The van der Waals surface area contributed by atoms with Gasteiger partial charge >= 0.3 is 12.7 Å². The zero-order valence-electron chi connectivity index (χ0n) is 15.7. The molecule has 0 fully saturated rings.